The van der Waals surface area contributed by atoms with E-state index >= 15 is 0 Å². The van der Waals surface area contributed by atoms with Crippen molar-refractivity contribution in [3.05, 3.63) is 42.6 Å². The van der Waals surface area contributed by atoms with Crippen molar-refractivity contribution in [3.63, 3.8) is 0 Å². The van der Waals surface area contributed by atoms with Crippen LogP contribution in [0.25, 0.3) is 16.7 Å². The first kappa shape index (κ1) is 24.1. The summed E-state index contributed by atoms with van der Waals surface area (Å²) in [5.41, 5.74) is 0.305. The summed E-state index contributed by atoms with van der Waals surface area (Å²) in [6, 6.07) is 5.71. The second kappa shape index (κ2) is 8.68. The van der Waals surface area contributed by atoms with Crippen LogP contribution in [0.15, 0.2) is 41.7 Å². The van der Waals surface area contributed by atoms with E-state index < -0.39 is 15.7 Å². The van der Waals surface area contributed by atoms with Crippen LogP contribution in [0, 0.1) is 5.82 Å². The van der Waals surface area contributed by atoms with Crippen LogP contribution in [-0.4, -0.2) is 64.0 Å². The number of halogens is 1. The average Bonchev–Trinajstić information content (AvgIpc) is 3.37. The van der Waals surface area contributed by atoms with E-state index in [1.165, 1.54) is 18.5 Å². The van der Waals surface area contributed by atoms with Gasteiger partial charge in [0, 0.05) is 37.4 Å². The van der Waals surface area contributed by atoms with Crippen molar-refractivity contribution in [1.82, 2.24) is 19.4 Å². The number of carbonyl (C=O) groups excluding carboxylic acids is 1. The molecule has 3 aromatic rings. The number of benzene rings is 1. The maximum Gasteiger partial charge on any atom is 0.410 e. The first-order chi connectivity index (χ1) is 17.6. The van der Waals surface area contributed by atoms with Gasteiger partial charge in [-0.05, 0) is 63.3 Å². The molecule has 4 heterocycles. The van der Waals surface area contributed by atoms with Gasteiger partial charge in [-0.25, -0.2) is 27.6 Å². The third kappa shape index (κ3) is 4.32. The van der Waals surface area contributed by atoms with Gasteiger partial charge in [0.25, 0.3) is 0 Å². The average molecular weight is 529 g/mol. The van der Waals surface area contributed by atoms with Crippen LogP contribution in [-0.2, 0) is 14.6 Å². The predicted molar refractivity (Wildman–Crippen MR) is 133 cm³/mol. The number of rotatable bonds is 5. The number of carbonyl (C=O) groups is 1. The highest BCUT2D eigenvalue weighted by molar-refractivity contribution is 7.90. The molecule has 196 valence electrons. The lowest BCUT2D eigenvalue weighted by atomic mass is 9.82. The second-order valence-electron chi connectivity index (χ2n) is 10.7. The maximum atomic E-state index is 14.9. The molecule has 3 aliphatic rings. The van der Waals surface area contributed by atoms with Crippen molar-refractivity contribution >= 4 is 27.0 Å². The predicted octanol–water partition coefficient (Wildman–Crippen LogP) is 4.42. The van der Waals surface area contributed by atoms with Gasteiger partial charge < -0.3 is 14.4 Å². The highest BCUT2D eigenvalue weighted by Gasteiger charge is 2.47. The zero-order chi connectivity index (χ0) is 25.9. The molecule has 11 heteroatoms. The molecule has 0 unspecified atom stereocenters. The fraction of sp³-hybridized carbons (Fsp3) is 0.500. The molecule has 1 aliphatic carbocycles. The van der Waals surface area contributed by atoms with Crippen LogP contribution in [0.2, 0.25) is 0 Å². The SMILES string of the molecule is CC1(OC(=O)N2[C@H]3CC[C@H]2CC(Oc2ncnc4c2ccn4-c2ccc(S(C)(=O)=O)cc2F)C3)CCC1. The third-order valence-electron chi connectivity index (χ3n) is 7.98. The van der Waals surface area contributed by atoms with Gasteiger partial charge >= 0.3 is 6.09 Å². The topological polar surface area (TPSA) is 104 Å². The van der Waals surface area contributed by atoms with Gasteiger partial charge in [-0.1, -0.05) is 0 Å². The molecule has 0 spiro atoms. The van der Waals surface area contributed by atoms with E-state index in [4.69, 9.17) is 9.47 Å². The molecule has 9 nitrogen and oxygen atoms in total. The largest absolute Gasteiger partial charge is 0.474 e. The zero-order valence-corrected chi connectivity index (χ0v) is 21.6. The van der Waals surface area contributed by atoms with Crippen molar-refractivity contribution in [3.8, 4) is 11.6 Å². The minimum Gasteiger partial charge on any atom is -0.474 e. The summed E-state index contributed by atoms with van der Waals surface area (Å²) < 4.78 is 52.2. The number of piperidine rings is 1. The van der Waals surface area contributed by atoms with Gasteiger partial charge in [0.1, 0.15) is 23.8 Å². The third-order valence-corrected chi connectivity index (χ3v) is 9.09. The Morgan fingerprint density at radius 1 is 1.14 bits per heavy atom. The Labute approximate surface area is 214 Å². The van der Waals surface area contributed by atoms with Gasteiger partial charge in [-0.3, -0.25) is 4.57 Å². The Bertz CT molecular complexity index is 1470. The smallest absolute Gasteiger partial charge is 0.410 e. The van der Waals surface area contributed by atoms with E-state index in [1.54, 1.807) is 16.8 Å². The Balaban J connectivity index is 1.21. The number of fused-ring (bicyclic) bond motifs is 3. The van der Waals surface area contributed by atoms with Crippen molar-refractivity contribution in [2.45, 2.75) is 80.6 Å². The minimum atomic E-state index is -3.52. The van der Waals surface area contributed by atoms with Crippen molar-refractivity contribution in [2.75, 3.05) is 6.26 Å². The fourth-order valence-electron chi connectivity index (χ4n) is 5.85. The summed E-state index contributed by atoms with van der Waals surface area (Å²) in [5, 5.41) is 0.626. The van der Waals surface area contributed by atoms with Crippen LogP contribution in [0.4, 0.5) is 9.18 Å². The first-order valence-electron chi connectivity index (χ1n) is 12.6. The molecular weight excluding hydrogens is 499 g/mol. The molecule has 37 heavy (non-hydrogen) atoms. The normalized spacial score (nSPS) is 24.6. The Morgan fingerprint density at radius 3 is 2.49 bits per heavy atom. The fourth-order valence-corrected chi connectivity index (χ4v) is 6.48. The Kier molecular flexibility index (Phi) is 5.66. The minimum absolute atomic E-state index is 0.0734. The lowest BCUT2D eigenvalue weighted by molar-refractivity contribution is -0.0609. The molecule has 3 fully saturated rings. The quantitative estimate of drug-likeness (QED) is 0.483. The molecular formula is C26H29FN4O5S. The molecule has 2 bridgehead atoms. The monoisotopic (exact) mass is 528 g/mol. The molecule has 2 atom stereocenters. The van der Waals surface area contributed by atoms with Crippen molar-refractivity contribution < 1.29 is 27.1 Å². The summed E-state index contributed by atoms with van der Waals surface area (Å²) in [4.78, 5) is 23.4. The molecule has 1 saturated carbocycles. The van der Waals surface area contributed by atoms with Gasteiger partial charge in [-0.2, -0.15) is 0 Å². The van der Waals surface area contributed by atoms with E-state index in [1.807, 2.05) is 11.8 Å². The number of nitrogens with zero attached hydrogens (tertiary/aromatic N) is 4. The van der Waals surface area contributed by atoms with E-state index in [-0.39, 0.29) is 40.5 Å². The zero-order valence-electron chi connectivity index (χ0n) is 20.8. The van der Waals surface area contributed by atoms with Gasteiger partial charge in [-0.15, -0.1) is 0 Å². The summed E-state index contributed by atoms with van der Waals surface area (Å²) in [6.45, 7) is 2.00. The number of ether oxygens (including phenoxy) is 2. The molecule has 0 radical (unpaired) electrons. The molecule has 2 saturated heterocycles. The number of sulfone groups is 1. The second-order valence-corrected chi connectivity index (χ2v) is 12.7. The summed E-state index contributed by atoms with van der Waals surface area (Å²) in [5.74, 6) is -0.271. The highest BCUT2D eigenvalue weighted by Crippen LogP contribution is 2.41. The van der Waals surface area contributed by atoms with E-state index in [0.29, 0.717) is 29.8 Å². The molecule has 1 amide bonds. The van der Waals surface area contributed by atoms with Crippen LogP contribution >= 0.6 is 0 Å². The van der Waals surface area contributed by atoms with Gasteiger partial charge in [0.2, 0.25) is 5.88 Å². The van der Waals surface area contributed by atoms with E-state index in [0.717, 1.165) is 44.4 Å². The molecule has 2 aliphatic heterocycles. The summed E-state index contributed by atoms with van der Waals surface area (Å²) >= 11 is 0. The van der Waals surface area contributed by atoms with E-state index in [2.05, 4.69) is 9.97 Å². The first-order valence-corrected chi connectivity index (χ1v) is 14.5. The van der Waals surface area contributed by atoms with Crippen LogP contribution in [0.5, 0.6) is 5.88 Å². The van der Waals surface area contributed by atoms with Crippen molar-refractivity contribution in [2.24, 2.45) is 0 Å². The number of hydrogen-bond donors (Lipinski definition) is 0. The lowest BCUT2D eigenvalue weighted by Crippen LogP contribution is -2.52. The molecule has 0 N–H and O–H groups in total. The molecule has 2 aromatic heterocycles. The summed E-state index contributed by atoms with van der Waals surface area (Å²) in [7, 11) is -3.52. The standard InChI is InChI=1S/C26H29FN4O5S/c1-26(9-3-10-26)36-25(32)31-16-4-5-17(31)13-18(12-16)35-24-20-8-11-30(23(20)28-15-29-24)22-7-6-19(14-21(22)27)37(2,33)34/h6-8,11,14-18H,3-5,9-10,12-13H2,1-2H3/t16-,17-/m0/s1. The maximum absolute atomic E-state index is 14.9. The number of aromatic nitrogens is 3. The van der Waals surface area contributed by atoms with Crippen LogP contribution in [0.3, 0.4) is 0 Å². The molecule has 1 aromatic carbocycles. The molecule has 6 rings (SSSR count). The Morgan fingerprint density at radius 2 is 1.86 bits per heavy atom. The highest BCUT2D eigenvalue weighted by atomic mass is 32.2. The number of hydrogen-bond acceptors (Lipinski definition) is 7. The number of amides is 1. The van der Waals surface area contributed by atoms with Crippen LogP contribution in [0.1, 0.15) is 51.9 Å². The van der Waals surface area contributed by atoms with Crippen LogP contribution < -0.4 is 4.74 Å². The van der Waals surface area contributed by atoms with Crippen molar-refractivity contribution in [1.29, 1.82) is 0 Å². The lowest BCUT2D eigenvalue weighted by Gasteiger charge is -2.43. The Hall–Kier alpha value is -3.21. The van der Waals surface area contributed by atoms with Gasteiger partial charge in [0.05, 0.1) is 16.0 Å². The van der Waals surface area contributed by atoms with Gasteiger partial charge in [0.15, 0.2) is 15.5 Å². The van der Waals surface area contributed by atoms with E-state index in [9.17, 15) is 17.6 Å². The summed E-state index contributed by atoms with van der Waals surface area (Å²) in [6.07, 6.45) is 9.91.